The van der Waals surface area contributed by atoms with Crippen molar-refractivity contribution in [1.29, 1.82) is 5.26 Å². The lowest BCUT2D eigenvalue weighted by Crippen LogP contribution is -2.30. The highest BCUT2D eigenvalue weighted by atomic mass is 32.2. The number of amides is 1. The van der Waals surface area contributed by atoms with Gasteiger partial charge in [-0.15, -0.1) is 0 Å². The highest BCUT2D eigenvalue weighted by molar-refractivity contribution is 7.89. The van der Waals surface area contributed by atoms with Crippen LogP contribution in [0.25, 0.3) is 0 Å². The average Bonchev–Trinajstić information content (AvgIpc) is 2.65. The van der Waals surface area contributed by atoms with E-state index < -0.39 is 10.0 Å². The maximum atomic E-state index is 12.3. The summed E-state index contributed by atoms with van der Waals surface area (Å²) in [6.07, 6.45) is 0. The van der Waals surface area contributed by atoms with Gasteiger partial charge in [0.15, 0.2) is 0 Å². The molecular weight excluding hydrogens is 352 g/mol. The summed E-state index contributed by atoms with van der Waals surface area (Å²) in [5, 5.41) is 14.5. The molecule has 2 rings (SSSR count). The number of rotatable bonds is 7. The zero-order chi connectivity index (χ0) is 19.2. The Bertz CT molecular complexity index is 933. The van der Waals surface area contributed by atoms with Gasteiger partial charge in [-0.25, -0.2) is 12.7 Å². The van der Waals surface area contributed by atoms with Crippen LogP contribution >= 0.6 is 0 Å². The maximum Gasteiger partial charge on any atom is 0.242 e. The van der Waals surface area contributed by atoms with Gasteiger partial charge in [0, 0.05) is 26.3 Å². The van der Waals surface area contributed by atoms with Crippen molar-refractivity contribution in [3.8, 4) is 6.07 Å². The van der Waals surface area contributed by atoms with E-state index in [0.717, 1.165) is 4.31 Å². The van der Waals surface area contributed by atoms with Crippen molar-refractivity contribution < 1.29 is 13.2 Å². The molecule has 0 atom stereocenters. The van der Waals surface area contributed by atoms with Crippen LogP contribution in [0.1, 0.15) is 11.1 Å². The summed E-state index contributed by atoms with van der Waals surface area (Å²) < 4.78 is 25.8. The predicted molar refractivity (Wildman–Crippen MR) is 98.8 cm³/mol. The van der Waals surface area contributed by atoms with Gasteiger partial charge in [-0.05, 0) is 29.8 Å². The first-order valence-corrected chi connectivity index (χ1v) is 9.30. The van der Waals surface area contributed by atoms with Crippen molar-refractivity contribution in [2.24, 2.45) is 0 Å². The van der Waals surface area contributed by atoms with Crippen molar-refractivity contribution >= 4 is 21.6 Å². The smallest absolute Gasteiger partial charge is 0.242 e. The Morgan fingerprint density at radius 1 is 1.15 bits per heavy atom. The van der Waals surface area contributed by atoms with Gasteiger partial charge in [0.1, 0.15) is 0 Å². The number of nitrogens with zero attached hydrogens (tertiary/aromatic N) is 2. The quantitative estimate of drug-likeness (QED) is 0.767. The number of anilines is 1. The van der Waals surface area contributed by atoms with Crippen molar-refractivity contribution in [2.75, 3.05) is 26.0 Å². The van der Waals surface area contributed by atoms with Crippen LogP contribution in [0.3, 0.4) is 0 Å². The van der Waals surface area contributed by atoms with Crippen LogP contribution in [0.15, 0.2) is 53.4 Å². The molecule has 7 nitrogen and oxygen atoms in total. The number of benzene rings is 2. The average molecular weight is 372 g/mol. The van der Waals surface area contributed by atoms with E-state index >= 15 is 0 Å². The third kappa shape index (κ3) is 4.81. The van der Waals surface area contributed by atoms with Crippen LogP contribution in [-0.2, 0) is 21.4 Å². The minimum absolute atomic E-state index is 0.0114. The first-order valence-electron chi connectivity index (χ1n) is 7.86. The molecule has 8 heteroatoms. The van der Waals surface area contributed by atoms with E-state index in [1.165, 1.54) is 20.2 Å². The van der Waals surface area contributed by atoms with Crippen LogP contribution < -0.4 is 10.6 Å². The molecule has 0 heterocycles. The second-order valence-electron chi connectivity index (χ2n) is 5.72. The first-order chi connectivity index (χ1) is 12.3. The third-order valence-electron chi connectivity index (χ3n) is 3.65. The third-order valence-corrected chi connectivity index (χ3v) is 5.57. The Morgan fingerprint density at radius 2 is 1.88 bits per heavy atom. The van der Waals surface area contributed by atoms with Gasteiger partial charge >= 0.3 is 0 Å². The maximum absolute atomic E-state index is 12.3. The molecule has 0 aliphatic carbocycles. The Morgan fingerprint density at radius 3 is 2.58 bits per heavy atom. The molecule has 0 radical (unpaired) electrons. The molecule has 26 heavy (non-hydrogen) atoms. The lowest BCUT2D eigenvalue weighted by atomic mass is 10.2. The molecule has 136 valence electrons. The lowest BCUT2D eigenvalue weighted by Gasteiger charge is -2.15. The van der Waals surface area contributed by atoms with Gasteiger partial charge in [0.2, 0.25) is 15.9 Å². The summed E-state index contributed by atoms with van der Waals surface area (Å²) in [6, 6.07) is 15.4. The molecule has 0 bridgehead atoms. The number of nitriles is 1. The van der Waals surface area contributed by atoms with Crippen molar-refractivity contribution in [3.05, 3.63) is 59.7 Å². The monoisotopic (exact) mass is 372 g/mol. The summed E-state index contributed by atoms with van der Waals surface area (Å²) in [6.45, 7) is 0.111. The molecule has 0 unspecified atom stereocenters. The van der Waals surface area contributed by atoms with E-state index in [0.29, 0.717) is 16.8 Å². The van der Waals surface area contributed by atoms with Gasteiger partial charge in [-0.1, -0.05) is 24.3 Å². The van der Waals surface area contributed by atoms with E-state index in [4.69, 9.17) is 5.26 Å². The van der Waals surface area contributed by atoms with Gasteiger partial charge < -0.3 is 10.6 Å². The van der Waals surface area contributed by atoms with Crippen molar-refractivity contribution in [3.63, 3.8) is 0 Å². The molecule has 2 aromatic rings. The summed E-state index contributed by atoms with van der Waals surface area (Å²) >= 11 is 0. The van der Waals surface area contributed by atoms with E-state index in [1.807, 2.05) is 6.07 Å². The van der Waals surface area contributed by atoms with E-state index in [2.05, 4.69) is 10.6 Å². The minimum atomic E-state index is -3.58. The summed E-state index contributed by atoms with van der Waals surface area (Å²) in [7, 11) is -0.658. The Kier molecular flexibility index (Phi) is 6.33. The van der Waals surface area contributed by atoms with E-state index in [1.54, 1.807) is 42.5 Å². The topological polar surface area (TPSA) is 102 Å². The fourth-order valence-corrected chi connectivity index (χ4v) is 3.35. The number of sulfonamides is 1. The molecule has 2 N–H and O–H groups in total. The Balaban J connectivity index is 1.99. The molecule has 0 saturated heterocycles. The first kappa shape index (κ1) is 19.4. The molecular formula is C18H20N4O3S. The van der Waals surface area contributed by atoms with Crippen LogP contribution in [0, 0.1) is 11.3 Å². The Labute approximate surface area is 153 Å². The van der Waals surface area contributed by atoms with Crippen LogP contribution in [0.5, 0.6) is 0 Å². The lowest BCUT2D eigenvalue weighted by molar-refractivity contribution is -0.119. The molecule has 0 aliphatic heterocycles. The predicted octanol–water partition coefficient (Wildman–Crippen LogP) is 1.54. The molecule has 0 aromatic heterocycles. The van der Waals surface area contributed by atoms with Gasteiger partial charge in [-0.3, -0.25) is 4.79 Å². The molecule has 1 amide bonds. The number of carbonyl (C=O) groups excluding carboxylic acids is 1. The van der Waals surface area contributed by atoms with E-state index in [9.17, 15) is 13.2 Å². The number of carbonyl (C=O) groups is 1. The standard InChI is InChI=1S/C18H20N4O3S/c1-22(2)26(24,25)17-9-4-3-7-15(17)12-21-18(23)13-20-16-8-5-6-14(10-16)11-19/h3-10,20H,12-13H2,1-2H3,(H,21,23). The number of hydrogen-bond acceptors (Lipinski definition) is 5. The highest BCUT2D eigenvalue weighted by Gasteiger charge is 2.20. The second-order valence-corrected chi connectivity index (χ2v) is 7.84. The van der Waals surface area contributed by atoms with Crippen LogP contribution in [-0.4, -0.2) is 39.3 Å². The molecule has 0 fully saturated rings. The number of hydrogen-bond donors (Lipinski definition) is 2. The zero-order valence-corrected chi connectivity index (χ0v) is 15.4. The molecule has 0 saturated carbocycles. The van der Waals surface area contributed by atoms with Crippen LogP contribution in [0.2, 0.25) is 0 Å². The van der Waals surface area contributed by atoms with Crippen molar-refractivity contribution in [2.45, 2.75) is 11.4 Å². The minimum Gasteiger partial charge on any atom is -0.376 e. The normalized spacial score (nSPS) is 11.0. The van der Waals surface area contributed by atoms with Gasteiger partial charge in [-0.2, -0.15) is 5.26 Å². The fourth-order valence-electron chi connectivity index (χ4n) is 2.24. The molecule has 0 aliphatic rings. The summed E-state index contributed by atoms with van der Waals surface area (Å²) in [5.41, 5.74) is 1.68. The highest BCUT2D eigenvalue weighted by Crippen LogP contribution is 2.18. The van der Waals surface area contributed by atoms with Crippen molar-refractivity contribution in [1.82, 2.24) is 9.62 Å². The SMILES string of the molecule is CN(C)S(=O)(=O)c1ccccc1CNC(=O)CNc1cccc(C#N)c1. The summed E-state index contributed by atoms with van der Waals surface area (Å²) in [4.78, 5) is 12.2. The summed E-state index contributed by atoms with van der Waals surface area (Å²) in [5.74, 6) is -0.288. The second kappa shape index (κ2) is 8.47. The molecule has 2 aromatic carbocycles. The Hall–Kier alpha value is -2.89. The number of nitrogens with one attached hydrogen (secondary N) is 2. The fraction of sp³-hybridized carbons (Fsp3) is 0.222. The van der Waals surface area contributed by atoms with Gasteiger partial charge in [0.05, 0.1) is 23.1 Å². The zero-order valence-electron chi connectivity index (χ0n) is 14.6. The van der Waals surface area contributed by atoms with Crippen LogP contribution in [0.4, 0.5) is 5.69 Å². The van der Waals surface area contributed by atoms with E-state index in [-0.39, 0.29) is 23.9 Å². The largest absolute Gasteiger partial charge is 0.376 e. The van der Waals surface area contributed by atoms with Gasteiger partial charge in [0.25, 0.3) is 0 Å². The molecule has 0 spiro atoms.